The summed E-state index contributed by atoms with van der Waals surface area (Å²) >= 11 is 0. The van der Waals surface area contributed by atoms with Crippen molar-refractivity contribution in [2.45, 2.75) is 84.8 Å². The van der Waals surface area contributed by atoms with E-state index < -0.39 is 5.54 Å². The standard InChI is InChI=1S/C16H30N2O2/c1-7-10-12(5)18-14(19)13(11(4)8-2)17-15(20)16(18,6)9-3/h11-13H,7-10H2,1-6H3,(H,17,20). The molecule has 20 heavy (non-hydrogen) atoms. The monoisotopic (exact) mass is 282 g/mol. The second-order valence-corrected chi connectivity index (χ2v) is 6.31. The van der Waals surface area contributed by atoms with E-state index in [9.17, 15) is 9.59 Å². The smallest absolute Gasteiger partial charge is 0.246 e. The Morgan fingerprint density at radius 2 is 1.85 bits per heavy atom. The Balaban J connectivity index is 3.14. The molecule has 1 aliphatic heterocycles. The van der Waals surface area contributed by atoms with Gasteiger partial charge in [0.2, 0.25) is 11.8 Å². The first kappa shape index (κ1) is 17.0. The highest BCUT2D eigenvalue weighted by molar-refractivity contribution is 5.99. The van der Waals surface area contributed by atoms with Crippen LogP contribution in [0.2, 0.25) is 0 Å². The van der Waals surface area contributed by atoms with Gasteiger partial charge in [-0.1, -0.05) is 40.5 Å². The lowest BCUT2D eigenvalue weighted by Crippen LogP contribution is -2.72. The zero-order chi connectivity index (χ0) is 15.5. The van der Waals surface area contributed by atoms with Crippen LogP contribution in [0, 0.1) is 5.92 Å². The molecule has 4 unspecified atom stereocenters. The van der Waals surface area contributed by atoms with Gasteiger partial charge in [0.15, 0.2) is 0 Å². The van der Waals surface area contributed by atoms with E-state index >= 15 is 0 Å². The van der Waals surface area contributed by atoms with E-state index in [0.717, 1.165) is 19.3 Å². The minimum absolute atomic E-state index is 0.00662. The van der Waals surface area contributed by atoms with Gasteiger partial charge in [0.05, 0.1) is 0 Å². The fourth-order valence-electron chi connectivity index (χ4n) is 3.06. The van der Waals surface area contributed by atoms with Crippen LogP contribution in [0.25, 0.3) is 0 Å². The van der Waals surface area contributed by atoms with Crippen LogP contribution in [0.15, 0.2) is 0 Å². The Kier molecular flexibility index (Phi) is 5.60. The predicted molar refractivity (Wildman–Crippen MR) is 81.3 cm³/mol. The summed E-state index contributed by atoms with van der Waals surface area (Å²) in [6.45, 7) is 12.1. The zero-order valence-electron chi connectivity index (χ0n) is 13.8. The number of nitrogens with zero attached hydrogens (tertiary/aromatic N) is 1. The second kappa shape index (κ2) is 6.59. The molecule has 0 saturated carbocycles. The Morgan fingerprint density at radius 1 is 1.25 bits per heavy atom. The highest BCUT2D eigenvalue weighted by Gasteiger charge is 2.50. The number of hydrogen-bond donors (Lipinski definition) is 1. The van der Waals surface area contributed by atoms with Gasteiger partial charge in [0.1, 0.15) is 11.6 Å². The normalized spacial score (nSPS) is 30.1. The third-order valence-electron chi connectivity index (χ3n) is 4.86. The average molecular weight is 282 g/mol. The molecular weight excluding hydrogens is 252 g/mol. The van der Waals surface area contributed by atoms with Crippen LogP contribution in [-0.4, -0.2) is 34.3 Å². The van der Waals surface area contributed by atoms with Crippen molar-refractivity contribution in [2.75, 3.05) is 0 Å². The molecule has 1 aliphatic rings. The van der Waals surface area contributed by atoms with Gasteiger partial charge in [0, 0.05) is 6.04 Å². The molecule has 1 N–H and O–H groups in total. The first-order valence-electron chi connectivity index (χ1n) is 7.97. The fraction of sp³-hybridized carbons (Fsp3) is 0.875. The molecule has 2 amide bonds. The van der Waals surface area contributed by atoms with Crippen molar-refractivity contribution in [1.29, 1.82) is 0 Å². The Labute approximate surface area is 123 Å². The molecule has 4 nitrogen and oxygen atoms in total. The molecule has 0 aromatic carbocycles. The van der Waals surface area contributed by atoms with E-state index in [4.69, 9.17) is 0 Å². The third kappa shape index (κ3) is 2.84. The predicted octanol–water partition coefficient (Wildman–Crippen LogP) is 2.72. The molecule has 0 aromatic rings. The largest absolute Gasteiger partial charge is 0.342 e. The molecular formula is C16H30N2O2. The summed E-state index contributed by atoms with van der Waals surface area (Å²) in [5.74, 6) is 0.251. The van der Waals surface area contributed by atoms with Gasteiger partial charge in [0.25, 0.3) is 0 Å². The summed E-state index contributed by atoms with van der Waals surface area (Å²) in [7, 11) is 0. The van der Waals surface area contributed by atoms with Crippen LogP contribution in [0.4, 0.5) is 0 Å². The zero-order valence-corrected chi connectivity index (χ0v) is 13.8. The minimum atomic E-state index is -0.713. The molecule has 1 fully saturated rings. The molecule has 0 spiro atoms. The Hall–Kier alpha value is -1.06. The quantitative estimate of drug-likeness (QED) is 0.814. The van der Waals surface area contributed by atoms with E-state index in [1.165, 1.54) is 0 Å². The molecule has 4 heteroatoms. The summed E-state index contributed by atoms with van der Waals surface area (Å²) in [6.07, 6.45) is 3.48. The van der Waals surface area contributed by atoms with E-state index in [1.54, 1.807) is 0 Å². The number of nitrogens with one attached hydrogen (secondary N) is 1. The maximum absolute atomic E-state index is 12.9. The summed E-state index contributed by atoms with van der Waals surface area (Å²) in [6, 6.07) is -0.263. The van der Waals surface area contributed by atoms with Gasteiger partial charge in [-0.15, -0.1) is 0 Å². The first-order valence-corrected chi connectivity index (χ1v) is 7.97. The number of piperazine rings is 1. The molecule has 4 atom stereocenters. The first-order chi connectivity index (χ1) is 9.33. The van der Waals surface area contributed by atoms with Gasteiger partial charge in [-0.05, 0) is 32.6 Å². The Morgan fingerprint density at radius 3 is 2.30 bits per heavy atom. The molecule has 1 saturated heterocycles. The SMILES string of the molecule is CCCC(C)N1C(=O)C(C(C)CC)NC(=O)C1(C)CC. The highest BCUT2D eigenvalue weighted by atomic mass is 16.2. The maximum Gasteiger partial charge on any atom is 0.246 e. The van der Waals surface area contributed by atoms with Gasteiger partial charge in [-0.2, -0.15) is 0 Å². The van der Waals surface area contributed by atoms with Crippen molar-refractivity contribution in [3.63, 3.8) is 0 Å². The van der Waals surface area contributed by atoms with Crippen LogP contribution < -0.4 is 5.32 Å². The van der Waals surface area contributed by atoms with Gasteiger partial charge < -0.3 is 10.2 Å². The fourth-order valence-corrected chi connectivity index (χ4v) is 3.06. The van der Waals surface area contributed by atoms with Crippen molar-refractivity contribution in [1.82, 2.24) is 10.2 Å². The lowest BCUT2D eigenvalue weighted by atomic mass is 9.85. The molecule has 1 heterocycles. The maximum atomic E-state index is 12.9. The van der Waals surface area contributed by atoms with E-state index in [0.29, 0.717) is 6.42 Å². The lowest BCUT2D eigenvalue weighted by molar-refractivity contribution is -0.161. The van der Waals surface area contributed by atoms with Crippen molar-refractivity contribution >= 4 is 11.8 Å². The summed E-state index contributed by atoms with van der Waals surface area (Å²) in [5.41, 5.74) is -0.713. The average Bonchev–Trinajstić information content (AvgIpc) is 2.42. The molecule has 1 rings (SSSR count). The molecule has 116 valence electrons. The van der Waals surface area contributed by atoms with Gasteiger partial charge >= 0.3 is 0 Å². The minimum Gasteiger partial charge on any atom is -0.342 e. The second-order valence-electron chi connectivity index (χ2n) is 6.31. The third-order valence-corrected chi connectivity index (χ3v) is 4.86. The van der Waals surface area contributed by atoms with Crippen LogP contribution in [0.5, 0.6) is 0 Å². The molecule has 0 bridgehead atoms. The summed E-state index contributed by atoms with van der Waals surface area (Å²) < 4.78 is 0. The van der Waals surface area contributed by atoms with Crippen molar-refractivity contribution in [3.8, 4) is 0 Å². The van der Waals surface area contributed by atoms with E-state index in [2.05, 4.69) is 26.1 Å². The van der Waals surface area contributed by atoms with E-state index in [-0.39, 0.29) is 29.8 Å². The van der Waals surface area contributed by atoms with Crippen molar-refractivity contribution in [3.05, 3.63) is 0 Å². The number of hydrogen-bond acceptors (Lipinski definition) is 2. The summed E-state index contributed by atoms with van der Waals surface area (Å²) in [4.78, 5) is 27.3. The van der Waals surface area contributed by atoms with E-state index in [1.807, 2.05) is 25.7 Å². The van der Waals surface area contributed by atoms with Gasteiger partial charge in [-0.25, -0.2) is 0 Å². The summed E-state index contributed by atoms with van der Waals surface area (Å²) in [5, 5.41) is 2.96. The highest BCUT2D eigenvalue weighted by Crippen LogP contribution is 2.31. The topological polar surface area (TPSA) is 49.4 Å². The molecule has 0 aromatic heterocycles. The number of amides is 2. The molecule has 0 aliphatic carbocycles. The van der Waals surface area contributed by atoms with Crippen molar-refractivity contribution in [2.24, 2.45) is 5.92 Å². The van der Waals surface area contributed by atoms with Crippen LogP contribution in [-0.2, 0) is 9.59 Å². The number of carbonyl (C=O) groups is 2. The number of carbonyl (C=O) groups excluding carboxylic acids is 2. The van der Waals surface area contributed by atoms with Gasteiger partial charge in [-0.3, -0.25) is 9.59 Å². The lowest BCUT2D eigenvalue weighted by Gasteiger charge is -2.50. The Bertz CT molecular complexity index is 369. The van der Waals surface area contributed by atoms with Crippen LogP contribution in [0.3, 0.4) is 0 Å². The molecule has 0 radical (unpaired) electrons. The van der Waals surface area contributed by atoms with Crippen LogP contribution in [0.1, 0.15) is 67.2 Å². The van der Waals surface area contributed by atoms with Crippen molar-refractivity contribution < 1.29 is 9.59 Å². The number of rotatable bonds is 6. The van der Waals surface area contributed by atoms with Crippen LogP contribution >= 0.6 is 0 Å².